The summed E-state index contributed by atoms with van der Waals surface area (Å²) in [6, 6.07) is 6.09. The minimum atomic E-state index is 0.808. The maximum absolute atomic E-state index is 6.00. The molecule has 1 aromatic carbocycles. The number of nitrogens with zero attached hydrogens (tertiary/aromatic N) is 1. The molecule has 0 bridgehead atoms. The van der Waals surface area contributed by atoms with E-state index < -0.39 is 0 Å². The van der Waals surface area contributed by atoms with Crippen molar-refractivity contribution in [1.29, 1.82) is 0 Å². The normalized spacial score (nSPS) is 20.6. The van der Waals surface area contributed by atoms with Gasteiger partial charge in [0.25, 0.3) is 0 Å². The van der Waals surface area contributed by atoms with Crippen molar-refractivity contribution < 1.29 is 0 Å². The number of allylic oxidation sites excluding steroid dienone is 1. The number of rotatable bonds is 0. The highest BCUT2D eigenvalue weighted by Gasteiger charge is 2.32. The minimum Gasteiger partial charge on any atom is -0.402 e. The first-order valence-corrected chi connectivity index (χ1v) is 6.25. The van der Waals surface area contributed by atoms with E-state index in [2.05, 4.69) is 24.1 Å². The van der Waals surface area contributed by atoms with E-state index in [0.717, 1.165) is 16.5 Å². The predicted molar refractivity (Wildman–Crippen MR) is 69.7 cm³/mol. The molecule has 1 heterocycles. The summed E-state index contributed by atoms with van der Waals surface area (Å²) in [6.07, 6.45) is 2.64. The Morgan fingerprint density at radius 3 is 3.06 bits per heavy atom. The first-order valence-electron chi connectivity index (χ1n) is 5.06. The average Bonchev–Trinajstić information content (AvgIpc) is 2.75. The Morgan fingerprint density at radius 1 is 1.50 bits per heavy atom. The first kappa shape index (κ1) is 10.1. The highest BCUT2D eigenvalue weighted by atomic mass is 35.5. The van der Waals surface area contributed by atoms with Gasteiger partial charge in [-0.1, -0.05) is 29.4 Å². The molecule has 2 nitrogen and oxygen atoms in total. The Kier molecular flexibility index (Phi) is 2.19. The number of thioether (sulfide) groups is 1. The Balaban J connectivity index is 2.10. The van der Waals surface area contributed by atoms with Crippen LogP contribution in [0.25, 0.3) is 5.70 Å². The molecule has 82 valence electrons. The lowest BCUT2D eigenvalue weighted by Gasteiger charge is -2.17. The van der Waals surface area contributed by atoms with Crippen LogP contribution in [-0.4, -0.2) is 11.9 Å². The summed E-state index contributed by atoms with van der Waals surface area (Å²) in [5, 5.41) is 1.91. The van der Waals surface area contributed by atoms with Gasteiger partial charge in [0.1, 0.15) is 0 Å². The topological polar surface area (TPSA) is 29.3 Å². The summed E-state index contributed by atoms with van der Waals surface area (Å²) in [6.45, 7) is 0. The highest BCUT2D eigenvalue weighted by molar-refractivity contribution is 8.07. The fourth-order valence-corrected chi connectivity index (χ4v) is 3.56. The van der Waals surface area contributed by atoms with Crippen molar-refractivity contribution in [2.45, 2.75) is 6.42 Å². The summed E-state index contributed by atoms with van der Waals surface area (Å²) in [5.41, 5.74) is 9.48. The fourth-order valence-electron chi connectivity index (χ4n) is 2.25. The molecule has 2 N–H and O–H groups in total. The molecule has 16 heavy (non-hydrogen) atoms. The lowest BCUT2D eigenvalue weighted by Crippen LogP contribution is -2.11. The maximum Gasteiger partial charge on any atom is 0.0953 e. The van der Waals surface area contributed by atoms with Crippen LogP contribution in [-0.2, 0) is 6.42 Å². The molecule has 0 saturated heterocycles. The molecule has 0 aromatic heterocycles. The molecule has 0 saturated carbocycles. The lowest BCUT2D eigenvalue weighted by molar-refractivity contribution is 0.646. The van der Waals surface area contributed by atoms with Crippen molar-refractivity contribution in [2.24, 2.45) is 5.73 Å². The van der Waals surface area contributed by atoms with Gasteiger partial charge >= 0.3 is 0 Å². The van der Waals surface area contributed by atoms with Crippen LogP contribution in [0.15, 0.2) is 34.3 Å². The van der Waals surface area contributed by atoms with Crippen molar-refractivity contribution in [3.63, 3.8) is 0 Å². The van der Waals surface area contributed by atoms with Gasteiger partial charge in [-0.05, 0) is 17.7 Å². The van der Waals surface area contributed by atoms with E-state index >= 15 is 0 Å². The Bertz CT molecular complexity index is 534. The summed E-state index contributed by atoms with van der Waals surface area (Å²) >= 11 is 7.75. The van der Waals surface area contributed by atoms with E-state index in [1.165, 1.54) is 21.7 Å². The van der Waals surface area contributed by atoms with Gasteiger partial charge in [0.2, 0.25) is 0 Å². The second-order valence-corrected chi connectivity index (χ2v) is 5.47. The molecule has 0 fully saturated rings. The molecule has 0 radical (unpaired) electrons. The van der Waals surface area contributed by atoms with Crippen molar-refractivity contribution in [3.8, 4) is 0 Å². The zero-order valence-corrected chi connectivity index (χ0v) is 10.4. The number of hydrogen-bond donors (Lipinski definition) is 1. The predicted octanol–water partition coefficient (Wildman–Crippen LogP) is 3.00. The van der Waals surface area contributed by atoms with Gasteiger partial charge in [-0.25, -0.2) is 0 Å². The molecule has 4 heteroatoms. The Morgan fingerprint density at radius 2 is 2.31 bits per heavy atom. The van der Waals surface area contributed by atoms with Crippen molar-refractivity contribution >= 4 is 29.1 Å². The largest absolute Gasteiger partial charge is 0.402 e. The van der Waals surface area contributed by atoms with E-state index in [9.17, 15) is 0 Å². The van der Waals surface area contributed by atoms with E-state index in [0.29, 0.717) is 0 Å². The van der Waals surface area contributed by atoms with E-state index in [1.807, 2.05) is 6.07 Å². The SMILES string of the molecule is CN1C2=C(Cc3cc(Cl)ccc32)S/C1=C\N. The summed E-state index contributed by atoms with van der Waals surface area (Å²) in [5.74, 6) is 0. The van der Waals surface area contributed by atoms with Gasteiger partial charge in [-0.3, -0.25) is 0 Å². The van der Waals surface area contributed by atoms with Crippen molar-refractivity contribution in [2.75, 3.05) is 7.05 Å². The van der Waals surface area contributed by atoms with Gasteiger partial charge in [-0.2, -0.15) is 0 Å². The third kappa shape index (κ3) is 1.28. The molecular formula is C12H11ClN2S. The first-order chi connectivity index (χ1) is 7.70. The molecule has 1 aliphatic carbocycles. The smallest absolute Gasteiger partial charge is 0.0953 e. The number of benzene rings is 1. The van der Waals surface area contributed by atoms with Gasteiger partial charge in [0.05, 0.1) is 10.7 Å². The summed E-state index contributed by atoms with van der Waals surface area (Å²) in [7, 11) is 2.05. The summed E-state index contributed by atoms with van der Waals surface area (Å²) in [4.78, 5) is 3.52. The third-order valence-corrected chi connectivity index (χ3v) is 4.41. The molecule has 0 unspecified atom stereocenters. The standard InChI is InChI=1S/C12H11ClN2S/c1-15-11(6-14)16-10-5-7-4-8(13)2-3-9(7)12(10)15/h2-4,6H,5,14H2,1H3/b11-6-. The molecule has 0 atom stereocenters. The van der Waals surface area contributed by atoms with Crippen LogP contribution in [0.1, 0.15) is 11.1 Å². The van der Waals surface area contributed by atoms with E-state index in [4.69, 9.17) is 17.3 Å². The number of fused-ring (bicyclic) bond motifs is 2. The van der Waals surface area contributed by atoms with Crippen molar-refractivity contribution in [1.82, 2.24) is 4.90 Å². The zero-order valence-electron chi connectivity index (χ0n) is 8.83. The van der Waals surface area contributed by atoms with E-state index in [-0.39, 0.29) is 0 Å². The third-order valence-electron chi connectivity index (χ3n) is 2.97. The van der Waals surface area contributed by atoms with Crippen molar-refractivity contribution in [3.05, 3.63) is 50.5 Å². The number of halogens is 1. The molecule has 0 spiro atoms. The molecule has 2 aliphatic rings. The van der Waals surface area contributed by atoms with Crippen LogP contribution in [0.4, 0.5) is 0 Å². The monoisotopic (exact) mass is 250 g/mol. The Hall–Kier alpha value is -1.06. The second kappa shape index (κ2) is 3.47. The van der Waals surface area contributed by atoms with Gasteiger partial charge in [0.15, 0.2) is 0 Å². The van der Waals surface area contributed by atoms with Crippen LogP contribution >= 0.6 is 23.4 Å². The number of hydrogen-bond acceptors (Lipinski definition) is 3. The quantitative estimate of drug-likeness (QED) is 0.768. The molecular weight excluding hydrogens is 240 g/mol. The molecule has 1 aromatic rings. The second-order valence-electron chi connectivity index (χ2n) is 3.92. The lowest BCUT2D eigenvalue weighted by atomic mass is 10.1. The summed E-state index contributed by atoms with van der Waals surface area (Å²) < 4.78 is 0. The molecule has 1 aliphatic heterocycles. The van der Waals surface area contributed by atoms with E-state index in [1.54, 1.807) is 18.0 Å². The van der Waals surface area contributed by atoms with Gasteiger partial charge in [-0.15, -0.1) is 0 Å². The average molecular weight is 251 g/mol. The molecule has 3 rings (SSSR count). The maximum atomic E-state index is 6.00. The highest BCUT2D eigenvalue weighted by Crippen LogP contribution is 2.50. The van der Waals surface area contributed by atoms with Crippen LogP contribution in [0.5, 0.6) is 0 Å². The molecule has 0 amide bonds. The van der Waals surface area contributed by atoms with Crippen LogP contribution in [0, 0.1) is 0 Å². The minimum absolute atomic E-state index is 0.808. The van der Waals surface area contributed by atoms with Crippen LogP contribution < -0.4 is 5.73 Å². The zero-order chi connectivity index (χ0) is 11.3. The number of nitrogens with two attached hydrogens (primary N) is 1. The fraction of sp³-hybridized carbons (Fsp3) is 0.167. The Labute approximate surface area is 104 Å². The van der Waals surface area contributed by atoms with Gasteiger partial charge < -0.3 is 10.6 Å². The van der Waals surface area contributed by atoms with Crippen LogP contribution in [0.2, 0.25) is 5.02 Å². The van der Waals surface area contributed by atoms with Crippen LogP contribution in [0.3, 0.4) is 0 Å². The van der Waals surface area contributed by atoms with Gasteiger partial charge in [0, 0.05) is 35.2 Å².